The zero-order valence-corrected chi connectivity index (χ0v) is 9.78. The van der Waals surface area contributed by atoms with Crippen LogP contribution >= 0.6 is 0 Å². The van der Waals surface area contributed by atoms with E-state index in [1.165, 1.54) is 0 Å². The van der Waals surface area contributed by atoms with Gasteiger partial charge in [-0.3, -0.25) is 0 Å². The lowest BCUT2D eigenvalue weighted by Gasteiger charge is -2.04. The lowest BCUT2D eigenvalue weighted by molar-refractivity contribution is 0.584. The third-order valence-electron chi connectivity index (χ3n) is 1.92. The Balaban J connectivity index is 2.49. The fourth-order valence-corrected chi connectivity index (χ4v) is 2.28. The summed E-state index contributed by atoms with van der Waals surface area (Å²) < 4.78 is 25.6. The SMILES string of the molecule is NC/C=C/CNS(=O)(=O)Cc1ccccc1. The summed E-state index contributed by atoms with van der Waals surface area (Å²) in [6, 6.07) is 9.07. The molecule has 1 aromatic rings. The highest BCUT2D eigenvalue weighted by Crippen LogP contribution is 2.03. The molecule has 0 fully saturated rings. The normalized spacial score (nSPS) is 12.1. The molecule has 0 aliphatic rings. The summed E-state index contributed by atoms with van der Waals surface area (Å²) in [4.78, 5) is 0. The summed E-state index contributed by atoms with van der Waals surface area (Å²) in [5.41, 5.74) is 6.01. The molecule has 3 N–H and O–H groups in total. The molecule has 0 aromatic heterocycles. The first-order valence-electron chi connectivity index (χ1n) is 5.00. The summed E-state index contributed by atoms with van der Waals surface area (Å²) in [7, 11) is -3.26. The number of hydrogen-bond donors (Lipinski definition) is 2. The molecule has 1 rings (SSSR count). The van der Waals surface area contributed by atoms with Gasteiger partial charge in [0.1, 0.15) is 0 Å². The van der Waals surface area contributed by atoms with Crippen molar-refractivity contribution in [1.82, 2.24) is 4.72 Å². The Bertz CT molecular complexity index is 427. The van der Waals surface area contributed by atoms with Crippen LogP contribution in [-0.2, 0) is 15.8 Å². The second kappa shape index (κ2) is 6.42. The fourth-order valence-electron chi connectivity index (χ4n) is 1.20. The molecule has 0 spiro atoms. The van der Waals surface area contributed by atoms with E-state index in [1.54, 1.807) is 24.3 Å². The van der Waals surface area contributed by atoms with Gasteiger partial charge in [-0.25, -0.2) is 13.1 Å². The first-order valence-corrected chi connectivity index (χ1v) is 6.65. The van der Waals surface area contributed by atoms with Crippen LogP contribution in [0.1, 0.15) is 5.56 Å². The van der Waals surface area contributed by atoms with Gasteiger partial charge in [0, 0.05) is 13.1 Å². The number of nitrogens with one attached hydrogen (secondary N) is 1. The standard InChI is InChI=1S/C11H16N2O2S/c12-8-4-5-9-13-16(14,15)10-11-6-2-1-3-7-11/h1-7,13H,8-10,12H2/b5-4+. The van der Waals surface area contributed by atoms with Crippen molar-refractivity contribution < 1.29 is 8.42 Å². The van der Waals surface area contributed by atoms with Crippen molar-refractivity contribution in [3.63, 3.8) is 0 Å². The zero-order chi connectivity index (χ0) is 11.9. The highest BCUT2D eigenvalue weighted by molar-refractivity contribution is 7.88. The van der Waals surface area contributed by atoms with E-state index in [2.05, 4.69) is 4.72 Å². The van der Waals surface area contributed by atoms with Crippen molar-refractivity contribution in [3.05, 3.63) is 48.0 Å². The van der Waals surface area contributed by atoms with Crippen LogP contribution in [0.15, 0.2) is 42.5 Å². The van der Waals surface area contributed by atoms with Crippen LogP contribution in [-0.4, -0.2) is 21.5 Å². The van der Waals surface area contributed by atoms with Gasteiger partial charge in [-0.1, -0.05) is 42.5 Å². The molecule has 4 nitrogen and oxygen atoms in total. The van der Waals surface area contributed by atoms with Crippen molar-refractivity contribution in [1.29, 1.82) is 0 Å². The third kappa shape index (κ3) is 5.06. The number of hydrogen-bond acceptors (Lipinski definition) is 3. The predicted molar refractivity (Wildman–Crippen MR) is 65.3 cm³/mol. The highest BCUT2D eigenvalue weighted by atomic mass is 32.2. The van der Waals surface area contributed by atoms with E-state index in [0.717, 1.165) is 5.56 Å². The molecule has 0 unspecified atom stereocenters. The Morgan fingerprint density at radius 1 is 1.19 bits per heavy atom. The minimum atomic E-state index is -3.26. The van der Waals surface area contributed by atoms with Gasteiger partial charge in [-0.05, 0) is 5.56 Å². The van der Waals surface area contributed by atoms with E-state index in [-0.39, 0.29) is 12.3 Å². The van der Waals surface area contributed by atoms with Crippen molar-refractivity contribution in [2.75, 3.05) is 13.1 Å². The zero-order valence-electron chi connectivity index (χ0n) is 8.96. The lowest BCUT2D eigenvalue weighted by atomic mass is 10.2. The Hall–Kier alpha value is -1.17. The van der Waals surface area contributed by atoms with Gasteiger partial charge < -0.3 is 5.73 Å². The maximum atomic E-state index is 11.6. The minimum Gasteiger partial charge on any atom is -0.327 e. The molecule has 0 radical (unpaired) electrons. The Labute approximate surface area is 96.2 Å². The van der Waals surface area contributed by atoms with Crippen LogP contribution in [0, 0.1) is 0 Å². The van der Waals surface area contributed by atoms with E-state index >= 15 is 0 Å². The summed E-state index contributed by atoms with van der Waals surface area (Å²) >= 11 is 0. The Morgan fingerprint density at radius 3 is 2.50 bits per heavy atom. The molecule has 0 bridgehead atoms. The van der Waals surface area contributed by atoms with E-state index in [4.69, 9.17) is 5.73 Å². The molecule has 5 heteroatoms. The van der Waals surface area contributed by atoms with Crippen LogP contribution in [0.4, 0.5) is 0 Å². The van der Waals surface area contributed by atoms with Gasteiger partial charge in [0.05, 0.1) is 5.75 Å². The topological polar surface area (TPSA) is 72.2 Å². The maximum absolute atomic E-state index is 11.6. The maximum Gasteiger partial charge on any atom is 0.216 e. The number of nitrogens with two attached hydrogens (primary N) is 1. The van der Waals surface area contributed by atoms with E-state index in [9.17, 15) is 8.42 Å². The van der Waals surface area contributed by atoms with Crippen LogP contribution in [0.5, 0.6) is 0 Å². The monoisotopic (exact) mass is 240 g/mol. The summed E-state index contributed by atoms with van der Waals surface area (Å²) in [6.45, 7) is 0.701. The Morgan fingerprint density at radius 2 is 1.88 bits per heavy atom. The minimum absolute atomic E-state index is 0.00427. The van der Waals surface area contributed by atoms with Crippen molar-refractivity contribution in [2.24, 2.45) is 5.73 Å². The predicted octanol–water partition coefficient (Wildman–Crippen LogP) is 0.621. The lowest BCUT2D eigenvalue weighted by Crippen LogP contribution is -2.25. The van der Waals surface area contributed by atoms with Gasteiger partial charge in [0.25, 0.3) is 0 Å². The highest BCUT2D eigenvalue weighted by Gasteiger charge is 2.09. The second-order valence-corrected chi connectivity index (χ2v) is 5.11. The molecule has 0 saturated carbocycles. The van der Waals surface area contributed by atoms with Crippen LogP contribution in [0.3, 0.4) is 0 Å². The van der Waals surface area contributed by atoms with Crippen molar-refractivity contribution in [3.8, 4) is 0 Å². The third-order valence-corrected chi connectivity index (χ3v) is 3.24. The molecule has 16 heavy (non-hydrogen) atoms. The molecule has 88 valence electrons. The van der Waals surface area contributed by atoms with Crippen LogP contribution in [0.2, 0.25) is 0 Å². The number of sulfonamides is 1. The molecule has 0 atom stereocenters. The van der Waals surface area contributed by atoms with E-state index in [0.29, 0.717) is 6.54 Å². The van der Waals surface area contributed by atoms with E-state index < -0.39 is 10.0 Å². The smallest absolute Gasteiger partial charge is 0.216 e. The van der Waals surface area contributed by atoms with E-state index in [1.807, 2.05) is 18.2 Å². The molecule has 0 heterocycles. The first kappa shape index (κ1) is 12.9. The second-order valence-electron chi connectivity index (χ2n) is 3.30. The van der Waals surface area contributed by atoms with Gasteiger partial charge in [-0.2, -0.15) is 0 Å². The summed E-state index contributed by atoms with van der Waals surface area (Å²) in [5.74, 6) is 0.00427. The molecular weight excluding hydrogens is 224 g/mol. The van der Waals surface area contributed by atoms with Gasteiger partial charge in [0.2, 0.25) is 10.0 Å². The fraction of sp³-hybridized carbons (Fsp3) is 0.273. The average Bonchev–Trinajstić information content (AvgIpc) is 2.25. The first-order chi connectivity index (χ1) is 7.64. The quantitative estimate of drug-likeness (QED) is 0.716. The largest absolute Gasteiger partial charge is 0.327 e. The Kier molecular flexibility index (Phi) is 5.18. The number of rotatable bonds is 6. The van der Waals surface area contributed by atoms with Crippen molar-refractivity contribution in [2.45, 2.75) is 5.75 Å². The summed E-state index contributed by atoms with van der Waals surface area (Å²) in [6.07, 6.45) is 3.41. The van der Waals surface area contributed by atoms with Crippen molar-refractivity contribution >= 4 is 10.0 Å². The number of benzene rings is 1. The molecular formula is C11H16N2O2S. The molecule has 0 amide bonds. The van der Waals surface area contributed by atoms with Gasteiger partial charge in [0.15, 0.2) is 0 Å². The van der Waals surface area contributed by atoms with Crippen LogP contribution in [0.25, 0.3) is 0 Å². The van der Waals surface area contributed by atoms with Gasteiger partial charge in [-0.15, -0.1) is 0 Å². The molecule has 0 saturated heterocycles. The average molecular weight is 240 g/mol. The van der Waals surface area contributed by atoms with Crippen LogP contribution < -0.4 is 10.5 Å². The van der Waals surface area contributed by atoms with Gasteiger partial charge >= 0.3 is 0 Å². The molecule has 1 aromatic carbocycles. The molecule has 0 aliphatic carbocycles. The molecule has 0 aliphatic heterocycles. The summed E-state index contributed by atoms with van der Waals surface area (Å²) in [5, 5.41) is 0.